The molecular weight excluding hydrogens is 304 g/mol. The summed E-state index contributed by atoms with van der Waals surface area (Å²) in [6.07, 6.45) is 0.497. The minimum absolute atomic E-state index is 0. The maximum atomic E-state index is 11.1. The second-order valence-electron chi connectivity index (χ2n) is 4.12. The van der Waals surface area contributed by atoms with E-state index in [2.05, 4.69) is 0 Å². The largest absolute Gasteiger partial charge is 0.457 e. The van der Waals surface area contributed by atoms with Gasteiger partial charge in [-0.1, -0.05) is 0 Å². The number of ketones is 2. The normalized spacial score (nSPS) is 8.87. The molecule has 0 unspecified atom stereocenters. The first-order chi connectivity index (χ1) is 10.1. The molecule has 0 saturated carbocycles. The molecule has 120 valence electrons. The van der Waals surface area contributed by atoms with Crippen molar-refractivity contribution in [3.63, 3.8) is 0 Å². The molecule has 7 nitrogen and oxygen atoms in total. The first kappa shape index (κ1) is 19.8. The minimum Gasteiger partial charge on any atom is -0.457 e. The minimum atomic E-state index is -0.599. The van der Waals surface area contributed by atoms with E-state index in [-0.39, 0.29) is 34.7 Å². The summed E-state index contributed by atoms with van der Waals surface area (Å²) < 4.78 is 5.52. The molecular formula is C16H14O7. The molecule has 0 aliphatic heterocycles. The Kier molecular flexibility index (Phi) is 7.75. The molecule has 23 heavy (non-hydrogen) atoms. The van der Waals surface area contributed by atoms with Crippen LogP contribution in [0.15, 0.2) is 48.5 Å². The number of benzene rings is 2. The number of aldehydes is 2. The Morgan fingerprint density at radius 3 is 1.22 bits per heavy atom. The lowest BCUT2D eigenvalue weighted by Gasteiger charge is -2.06. The van der Waals surface area contributed by atoms with Crippen LogP contribution in [0.3, 0.4) is 0 Å². The Labute approximate surface area is 131 Å². The first-order valence-corrected chi connectivity index (χ1v) is 6.01. The molecule has 0 radical (unpaired) electrons. The lowest BCUT2D eigenvalue weighted by atomic mass is 10.1. The number of Topliss-reactive ketones (excluding diaryl/α,β-unsaturated/α-hetero) is 2. The lowest BCUT2D eigenvalue weighted by Crippen LogP contribution is -1.99. The molecule has 0 saturated heterocycles. The van der Waals surface area contributed by atoms with E-state index in [1.807, 2.05) is 0 Å². The number of ether oxygens (including phenoxy) is 1. The molecule has 2 rings (SSSR count). The highest BCUT2D eigenvalue weighted by Crippen LogP contribution is 2.22. The van der Waals surface area contributed by atoms with Gasteiger partial charge in [-0.2, -0.15) is 0 Å². The standard InChI is InChI=1S/C16H10O5.2H2O/c17-9-15(19)11-1-5-13(6-2-11)21-14-7-3-12(4-8-14)16(20)10-18;;/h1-10H;2*1H2. The van der Waals surface area contributed by atoms with Gasteiger partial charge in [0, 0.05) is 11.1 Å². The zero-order valence-electron chi connectivity index (χ0n) is 11.8. The van der Waals surface area contributed by atoms with Crippen molar-refractivity contribution in [1.29, 1.82) is 0 Å². The van der Waals surface area contributed by atoms with Gasteiger partial charge in [0.15, 0.2) is 12.6 Å². The second-order valence-corrected chi connectivity index (χ2v) is 4.12. The Balaban J connectivity index is 0.00000242. The molecule has 0 aromatic heterocycles. The number of hydrogen-bond donors (Lipinski definition) is 0. The molecule has 0 atom stereocenters. The molecule has 0 spiro atoms. The molecule has 4 N–H and O–H groups in total. The molecule has 0 amide bonds. The molecule has 0 aliphatic carbocycles. The van der Waals surface area contributed by atoms with Gasteiger partial charge < -0.3 is 15.7 Å². The Morgan fingerprint density at radius 1 is 0.652 bits per heavy atom. The Bertz CT molecular complexity index is 626. The highest BCUT2D eigenvalue weighted by Gasteiger charge is 2.06. The van der Waals surface area contributed by atoms with Gasteiger partial charge in [0.2, 0.25) is 11.6 Å². The highest BCUT2D eigenvalue weighted by atomic mass is 16.5. The maximum Gasteiger partial charge on any atom is 0.225 e. The predicted octanol–water partition coefficient (Wildman–Crippen LogP) is 0.593. The fraction of sp³-hybridized carbons (Fsp3) is 0. The van der Waals surface area contributed by atoms with Crippen LogP contribution in [0.2, 0.25) is 0 Å². The van der Waals surface area contributed by atoms with Crippen LogP contribution in [-0.4, -0.2) is 35.1 Å². The first-order valence-electron chi connectivity index (χ1n) is 6.01. The maximum absolute atomic E-state index is 11.1. The van der Waals surface area contributed by atoms with Crippen LogP contribution in [0.4, 0.5) is 0 Å². The lowest BCUT2D eigenvalue weighted by molar-refractivity contribution is -0.105. The van der Waals surface area contributed by atoms with E-state index in [1.54, 1.807) is 24.3 Å². The summed E-state index contributed by atoms with van der Waals surface area (Å²) in [6.45, 7) is 0. The van der Waals surface area contributed by atoms with Gasteiger partial charge in [0.05, 0.1) is 0 Å². The van der Waals surface area contributed by atoms with E-state index in [4.69, 9.17) is 4.74 Å². The third-order valence-corrected chi connectivity index (χ3v) is 2.73. The van der Waals surface area contributed by atoms with Gasteiger partial charge in [-0.25, -0.2) is 0 Å². The quantitative estimate of drug-likeness (QED) is 0.435. The summed E-state index contributed by atoms with van der Waals surface area (Å²) in [5.41, 5.74) is 0.563. The Morgan fingerprint density at radius 2 is 0.957 bits per heavy atom. The third-order valence-electron chi connectivity index (χ3n) is 2.73. The van der Waals surface area contributed by atoms with Gasteiger partial charge in [0.1, 0.15) is 11.5 Å². The van der Waals surface area contributed by atoms with Crippen molar-refractivity contribution < 1.29 is 34.9 Å². The van der Waals surface area contributed by atoms with E-state index in [0.29, 0.717) is 11.5 Å². The summed E-state index contributed by atoms with van der Waals surface area (Å²) in [6, 6.07) is 12.2. The van der Waals surface area contributed by atoms with E-state index >= 15 is 0 Å². The molecule has 0 heterocycles. The topological polar surface area (TPSA) is 141 Å². The highest BCUT2D eigenvalue weighted by molar-refractivity contribution is 6.33. The number of carbonyl (C=O) groups is 4. The average molecular weight is 318 g/mol. The zero-order chi connectivity index (χ0) is 15.2. The van der Waals surface area contributed by atoms with Crippen molar-refractivity contribution in [2.75, 3.05) is 0 Å². The summed E-state index contributed by atoms with van der Waals surface area (Å²) in [4.78, 5) is 43.0. The monoisotopic (exact) mass is 318 g/mol. The zero-order valence-corrected chi connectivity index (χ0v) is 11.8. The van der Waals surface area contributed by atoms with Crippen LogP contribution in [0.1, 0.15) is 20.7 Å². The van der Waals surface area contributed by atoms with Crippen LogP contribution in [0.5, 0.6) is 11.5 Å². The van der Waals surface area contributed by atoms with Gasteiger partial charge in [-0.05, 0) is 48.5 Å². The fourth-order valence-electron chi connectivity index (χ4n) is 1.65. The number of carbonyl (C=O) groups excluding carboxylic acids is 4. The van der Waals surface area contributed by atoms with Crippen molar-refractivity contribution >= 4 is 24.1 Å². The molecule has 0 bridgehead atoms. The van der Waals surface area contributed by atoms with E-state index in [0.717, 1.165) is 0 Å². The van der Waals surface area contributed by atoms with Crippen LogP contribution >= 0.6 is 0 Å². The number of hydrogen-bond acceptors (Lipinski definition) is 5. The van der Waals surface area contributed by atoms with Crippen molar-refractivity contribution in [3.8, 4) is 11.5 Å². The van der Waals surface area contributed by atoms with Gasteiger partial charge in [-0.3, -0.25) is 19.2 Å². The summed E-state index contributed by atoms with van der Waals surface area (Å²) in [5, 5.41) is 0. The van der Waals surface area contributed by atoms with Crippen LogP contribution in [0, 0.1) is 0 Å². The summed E-state index contributed by atoms with van der Waals surface area (Å²) >= 11 is 0. The van der Waals surface area contributed by atoms with Crippen molar-refractivity contribution in [1.82, 2.24) is 0 Å². The van der Waals surface area contributed by atoms with Crippen molar-refractivity contribution in [2.24, 2.45) is 0 Å². The molecule has 0 fully saturated rings. The summed E-state index contributed by atoms with van der Waals surface area (Å²) in [5.74, 6) is -0.240. The van der Waals surface area contributed by atoms with Gasteiger partial charge in [-0.15, -0.1) is 0 Å². The molecule has 2 aromatic rings. The van der Waals surface area contributed by atoms with Gasteiger partial charge >= 0.3 is 0 Å². The smallest absolute Gasteiger partial charge is 0.225 e. The van der Waals surface area contributed by atoms with Crippen molar-refractivity contribution in [2.45, 2.75) is 0 Å². The van der Waals surface area contributed by atoms with Gasteiger partial charge in [0.25, 0.3) is 0 Å². The third kappa shape index (κ3) is 4.95. The van der Waals surface area contributed by atoms with E-state index < -0.39 is 11.6 Å². The van der Waals surface area contributed by atoms with E-state index in [1.165, 1.54) is 24.3 Å². The van der Waals surface area contributed by atoms with E-state index in [9.17, 15) is 19.2 Å². The summed E-state index contributed by atoms with van der Waals surface area (Å²) in [7, 11) is 0. The average Bonchev–Trinajstić information content (AvgIpc) is 2.55. The van der Waals surface area contributed by atoms with Crippen LogP contribution in [0.25, 0.3) is 0 Å². The van der Waals surface area contributed by atoms with Crippen molar-refractivity contribution in [3.05, 3.63) is 59.7 Å². The Hall–Kier alpha value is -3.16. The SMILES string of the molecule is O.O.O=CC(=O)c1ccc(Oc2ccc(C(=O)C=O)cc2)cc1. The molecule has 0 aliphatic rings. The van der Waals surface area contributed by atoms with Crippen LogP contribution < -0.4 is 4.74 Å². The second kappa shape index (κ2) is 8.98. The fourth-order valence-corrected chi connectivity index (χ4v) is 1.65. The molecule has 7 heteroatoms. The number of rotatable bonds is 6. The van der Waals surface area contributed by atoms with Crippen LogP contribution in [-0.2, 0) is 9.59 Å². The molecule has 2 aromatic carbocycles. The predicted molar refractivity (Wildman–Crippen MR) is 81.0 cm³/mol.